The first-order valence-corrected chi connectivity index (χ1v) is 17.0. The normalized spacial score (nSPS) is 10.2. The van der Waals surface area contributed by atoms with Gasteiger partial charge in [-0.15, -0.1) is 10.2 Å². The molecule has 0 unspecified atom stereocenters. The van der Waals surface area contributed by atoms with Gasteiger partial charge in [-0.2, -0.15) is 10.5 Å². The van der Waals surface area contributed by atoms with Crippen molar-refractivity contribution in [3.63, 3.8) is 0 Å². The van der Waals surface area contributed by atoms with Gasteiger partial charge in [-0.25, -0.2) is 18.7 Å². The zero-order valence-corrected chi connectivity index (χ0v) is 34.1. The van der Waals surface area contributed by atoms with Crippen molar-refractivity contribution in [1.29, 1.82) is 5.26 Å². The van der Waals surface area contributed by atoms with E-state index in [1.807, 2.05) is 6.07 Å². The third-order valence-electron chi connectivity index (χ3n) is 8.67. The van der Waals surface area contributed by atoms with Crippen LogP contribution < -0.4 is 50.1 Å². The van der Waals surface area contributed by atoms with Gasteiger partial charge in [0.25, 0.3) is 22.5 Å². The Bertz CT molecular complexity index is 2950. The SMILES string of the molecule is COc1ccc(CCn2c(-c3nn[nH]n3)nc3cc([N+](=O)[O-])ccc3c2=O)c(F)c1.COc1ccc(CCn2c(C#N)nc3cc([N+](=O)[O-])ccc3c2=O)c(F)c1.[N-]=[N+]=[N-].[Na+]. The number of halogens is 2. The molecule has 0 radical (unpaired) electrons. The number of non-ortho nitro benzene ring substituents is 2. The number of hydrogen-bond acceptors (Lipinski definition) is 14. The molecule has 22 nitrogen and oxygen atoms in total. The number of nitrogens with zero attached hydrogens (tertiary/aromatic N) is 13. The number of hydrogen-bond donors (Lipinski definition) is 1. The van der Waals surface area contributed by atoms with Crippen LogP contribution in [0.3, 0.4) is 0 Å². The van der Waals surface area contributed by atoms with Crippen LogP contribution in [0.5, 0.6) is 11.5 Å². The van der Waals surface area contributed by atoms with E-state index in [2.05, 4.69) is 30.6 Å². The summed E-state index contributed by atoms with van der Waals surface area (Å²) in [5, 5.41) is 45.0. The first-order valence-electron chi connectivity index (χ1n) is 17.0. The van der Waals surface area contributed by atoms with Crippen LogP contribution in [0.25, 0.3) is 49.4 Å². The Hall–Kier alpha value is -7.71. The molecule has 0 fully saturated rings. The fraction of sp³-hybridized carbons (Fsp3) is 0.167. The number of rotatable bonds is 11. The van der Waals surface area contributed by atoms with Crippen LogP contribution in [-0.4, -0.2) is 63.8 Å². The van der Waals surface area contributed by atoms with Crippen molar-refractivity contribution in [1.82, 2.24) is 39.7 Å². The summed E-state index contributed by atoms with van der Waals surface area (Å²) in [6, 6.07) is 18.1. The smallest absolute Gasteiger partial charge is 0.497 e. The Kier molecular flexibility index (Phi) is 15.7. The number of nitro groups is 2. The molecule has 1 N–H and O–H groups in total. The number of tetrazole rings is 1. The average molecular weight is 845 g/mol. The van der Waals surface area contributed by atoms with Gasteiger partial charge in [-0.1, -0.05) is 12.1 Å². The van der Waals surface area contributed by atoms with Crippen molar-refractivity contribution in [3.05, 3.63) is 158 Å². The van der Waals surface area contributed by atoms with Crippen LogP contribution in [-0.2, 0) is 25.9 Å². The molecule has 0 spiro atoms. The summed E-state index contributed by atoms with van der Waals surface area (Å²) < 4.78 is 40.8. The molecule has 0 saturated carbocycles. The predicted molar refractivity (Wildman–Crippen MR) is 207 cm³/mol. The first kappa shape index (κ1) is 46.0. The summed E-state index contributed by atoms with van der Waals surface area (Å²) >= 11 is 0. The van der Waals surface area contributed by atoms with Crippen molar-refractivity contribution in [3.8, 4) is 29.2 Å². The van der Waals surface area contributed by atoms with Gasteiger partial charge in [0.1, 0.15) is 29.2 Å². The zero-order valence-electron chi connectivity index (χ0n) is 32.1. The summed E-state index contributed by atoms with van der Waals surface area (Å²) in [5.74, 6) is -0.276. The molecule has 0 aliphatic carbocycles. The summed E-state index contributed by atoms with van der Waals surface area (Å²) in [5.41, 5.74) is 13.0. The minimum atomic E-state index is -0.606. The molecule has 0 aliphatic rings. The number of aromatic amines is 1. The Balaban J connectivity index is 0.000000250. The number of ether oxygens (including phenoxy) is 2. The maximum atomic E-state index is 14.3. The Morgan fingerprint density at radius 1 is 0.787 bits per heavy atom. The standard InChI is InChI=1S/C18H14FN7O4.C18H13FN4O4.N3.Na/c1-30-12-4-2-10(14(19)9-12)6-7-25-17(16-21-23-24-22-16)20-15-8-11(26(28)29)3-5-13(15)18(25)27;1-27-13-4-2-11(15(19)9-13)6-7-22-17(10-20)21-16-8-12(23(25)26)3-5-14(16)18(22)24;1-3-2;/h2-5,8-9H,6-7H2,1H3,(H,21,22,23,24);2-5,8-9H,6-7H2,1H3;;/q;;-1;+1. The Morgan fingerprint density at radius 2 is 1.26 bits per heavy atom. The molecule has 0 saturated heterocycles. The van der Waals surface area contributed by atoms with Crippen molar-refractivity contribution in [2.24, 2.45) is 0 Å². The van der Waals surface area contributed by atoms with Gasteiger partial charge in [-0.3, -0.25) is 43.9 Å². The number of fused-ring (bicyclic) bond motifs is 2. The van der Waals surface area contributed by atoms with E-state index in [9.17, 15) is 43.9 Å². The van der Waals surface area contributed by atoms with Crippen LogP contribution >= 0.6 is 0 Å². The molecule has 304 valence electrons. The average Bonchev–Trinajstić information content (AvgIpc) is 3.79. The second-order valence-corrected chi connectivity index (χ2v) is 12.1. The number of methoxy groups -OCH3 is 2. The molecule has 61 heavy (non-hydrogen) atoms. The molecule has 25 heteroatoms. The molecular weight excluding hydrogens is 817 g/mol. The van der Waals surface area contributed by atoms with Crippen molar-refractivity contribution >= 4 is 33.2 Å². The molecule has 3 heterocycles. The molecule has 0 bridgehead atoms. The van der Waals surface area contributed by atoms with Crippen molar-refractivity contribution in [2.75, 3.05) is 14.2 Å². The Morgan fingerprint density at radius 3 is 1.69 bits per heavy atom. The number of H-pyrrole nitrogens is 1. The van der Waals surface area contributed by atoms with E-state index in [1.54, 1.807) is 24.3 Å². The van der Waals surface area contributed by atoms with Gasteiger partial charge in [0.05, 0.1) is 45.9 Å². The molecule has 7 rings (SSSR count). The Labute approximate surface area is 362 Å². The van der Waals surface area contributed by atoms with Gasteiger partial charge >= 0.3 is 29.6 Å². The topological polar surface area (TPSA) is 311 Å². The van der Waals surface area contributed by atoms with Crippen molar-refractivity contribution in [2.45, 2.75) is 25.9 Å². The fourth-order valence-corrected chi connectivity index (χ4v) is 5.75. The second-order valence-electron chi connectivity index (χ2n) is 12.1. The van der Waals surface area contributed by atoms with Gasteiger partial charge < -0.3 is 20.5 Å². The van der Waals surface area contributed by atoms with Crippen LogP contribution in [0.15, 0.2) is 82.4 Å². The number of nitrogens with one attached hydrogen (secondary N) is 1. The quantitative estimate of drug-likeness (QED) is 0.0488. The summed E-state index contributed by atoms with van der Waals surface area (Å²) in [6.07, 6.45) is 0.339. The third kappa shape index (κ3) is 10.7. The molecule has 4 aromatic carbocycles. The van der Waals surface area contributed by atoms with E-state index in [1.165, 1.54) is 66.2 Å². The number of benzene rings is 4. The molecule has 0 amide bonds. The second kappa shape index (κ2) is 20.8. The van der Waals surface area contributed by atoms with Gasteiger partial charge in [0, 0.05) is 49.5 Å². The fourth-order valence-electron chi connectivity index (χ4n) is 5.75. The van der Waals surface area contributed by atoms with E-state index >= 15 is 0 Å². The van der Waals surface area contributed by atoms with Gasteiger partial charge in [-0.05, 0) is 53.4 Å². The maximum absolute atomic E-state index is 14.3. The maximum Gasteiger partial charge on any atom is 1.00 e. The number of aromatic nitrogens is 8. The molecule has 7 aromatic rings. The zero-order chi connectivity index (χ0) is 43.5. The minimum absolute atomic E-state index is 0. The van der Waals surface area contributed by atoms with Crippen LogP contribution in [0.2, 0.25) is 0 Å². The van der Waals surface area contributed by atoms with Crippen LogP contribution in [0.1, 0.15) is 17.0 Å². The summed E-state index contributed by atoms with van der Waals surface area (Å²) in [4.78, 5) is 56.4. The van der Waals surface area contributed by atoms with E-state index < -0.39 is 32.6 Å². The molecular formula is C36H27F2N14NaO8. The van der Waals surface area contributed by atoms with Crippen LogP contribution in [0, 0.1) is 43.2 Å². The summed E-state index contributed by atoms with van der Waals surface area (Å²) in [6.45, 7) is 0.108. The van der Waals surface area contributed by atoms with E-state index in [0.29, 0.717) is 22.6 Å². The van der Waals surface area contributed by atoms with Gasteiger partial charge in [0.2, 0.25) is 11.6 Å². The van der Waals surface area contributed by atoms with Crippen LogP contribution in [0.4, 0.5) is 20.2 Å². The van der Waals surface area contributed by atoms with Crippen molar-refractivity contribution < 1.29 is 57.7 Å². The first-order chi connectivity index (χ1) is 28.8. The number of aryl methyl sites for hydroxylation is 2. The number of nitro benzene ring substituents is 2. The minimum Gasteiger partial charge on any atom is -0.497 e. The third-order valence-corrected chi connectivity index (χ3v) is 8.67. The molecule has 0 aliphatic heterocycles. The van der Waals surface area contributed by atoms with E-state index in [4.69, 9.17) is 20.5 Å². The van der Waals surface area contributed by atoms with E-state index in [0.717, 1.165) is 10.6 Å². The predicted octanol–water partition coefficient (Wildman–Crippen LogP) is 2.31. The molecule has 3 aromatic heterocycles. The summed E-state index contributed by atoms with van der Waals surface area (Å²) in [7, 11) is 2.87. The van der Waals surface area contributed by atoms with Gasteiger partial charge in [0.15, 0.2) is 5.82 Å². The van der Waals surface area contributed by atoms with E-state index in [-0.39, 0.29) is 106 Å². The molecule has 0 atom stereocenters. The number of nitriles is 1. The monoisotopic (exact) mass is 844 g/mol. The largest absolute Gasteiger partial charge is 1.00 e.